The van der Waals surface area contributed by atoms with Gasteiger partial charge < -0.3 is 15.8 Å². The van der Waals surface area contributed by atoms with Crippen LogP contribution in [0.5, 0.6) is 0 Å². The lowest BCUT2D eigenvalue weighted by atomic mass is 10.5. The van der Waals surface area contributed by atoms with Crippen molar-refractivity contribution < 1.29 is 14.3 Å². The number of hydrogen-bond donors (Lipinski definition) is 4. The molecule has 0 aliphatic carbocycles. The van der Waals surface area contributed by atoms with Crippen LogP contribution in [-0.4, -0.2) is 31.3 Å². The van der Waals surface area contributed by atoms with E-state index in [1.54, 1.807) is 0 Å². The van der Waals surface area contributed by atoms with Crippen LogP contribution in [0, 0.1) is 0 Å². The fourth-order valence-electron chi connectivity index (χ4n) is 0.429. The number of hydrogen-bond acceptors (Lipinski definition) is 5. The molecule has 2 atom stereocenters. The van der Waals surface area contributed by atoms with Crippen LogP contribution in [0.15, 0.2) is 0 Å². The molecule has 0 saturated heterocycles. The first kappa shape index (κ1) is 10.8. The third-order valence-electron chi connectivity index (χ3n) is 1.08. The maximum atomic E-state index is 10.7. The smallest absolute Gasteiger partial charge is 0.263 e. The van der Waals surface area contributed by atoms with Crippen LogP contribution in [0.3, 0.4) is 0 Å². The summed E-state index contributed by atoms with van der Waals surface area (Å²) in [5.41, 5.74) is 14.9. The van der Waals surface area contributed by atoms with Crippen molar-refractivity contribution in [3.63, 3.8) is 0 Å². The third-order valence-corrected chi connectivity index (χ3v) is 1.08. The van der Waals surface area contributed by atoms with Gasteiger partial charge in [0, 0.05) is 7.05 Å². The minimum atomic E-state index is -1.36. The Morgan fingerprint density at radius 2 is 1.83 bits per heavy atom. The van der Waals surface area contributed by atoms with Crippen molar-refractivity contribution in [2.24, 2.45) is 17.2 Å². The summed E-state index contributed by atoms with van der Waals surface area (Å²) in [6, 6.07) is 0. The molecule has 7 heteroatoms. The van der Waals surface area contributed by atoms with Gasteiger partial charge in [-0.2, -0.15) is 0 Å². The highest BCUT2D eigenvalue weighted by atomic mass is 16.5. The molecule has 0 fully saturated rings. The fourth-order valence-corrected chi connectivity index (χ4v) is 0.429. The second kappa shape index (κ2) is 4.65. The van der Waals surface area contributed by atoms with Crippen molar-refractivity contribution in [2.45, 2.75) is 12.5 Å². The maximum Gasteiger partial charge on any atom is 0.263 e. The normalized spacial score (nSPS) is 14.9. The average molecular weight is 176 g/mol. The van der Waals surface area contributed by atoms with E-state index in [-0.39, 0.29) is 0 Å². The van der Waals surface area contributed by atoms with Gasteiger partial charge in [0.25, 0.3) is 11.8 Å². The number of carbonyl (C=O) groups is 2. The summed E-state index contributed by atoms with van der Waals surface area (Å²) in [7, 11) is 1.38. The molecule has 0 bridgehead atoms. The molecule has 0 aromatic carbocycles. The largest absolute Gasteiger partial charge is 0.366 e. The minimum Gasteiger partial charge on any atom is -0.366 e. The molecule has 0 saturated carbocycles. The number of rotatable bonds is 4. The first-order valence-corrected chi connectivity index (χ1v) is 3.16. The van der Waals surface area contributed by atoms with Gasteiger partial charge in [0.2, 0.25) is 0 Å². The van der Waals surface area contributed by atoms with E-state index >= 15 is 0 Å². The van der Waals surface area contributed by atoms with Crippen molar-refractivity contribution in [3.8, 4) is 0 Å². The van der Waals surface area contributed by atoms with Crippen LogP contribution in [0.4, 0.5) is 0 Å². The Kier molecular flexibility index (Phi) is 4.19. The molecule has 0 heterocycles. The van der Waals surface area contributed by atoms with Gasteiger partial charge in [0.05, 0.1) is 0 Å². The predicted molar refractivity (Wildman–Crippen MR) is 40.3 cm³/mol. The fraction of sp³-hybridized carbons (Fsp3) is 0.600. The number of nitrogens with one attached hydrogen (secondary N) is 1. The van der Waals surface area contributed by atoms with Crippen molar-refractivity contribution in [1.29, 1.82) is 0 Å². The van der Waals surface area contributed by atoms with Gasteiger partial charge in [-0.3, -0.25) is 21.1 Å². The van der Waals surface area contributed by atoms with E-state index in [2.05, 4.69) is 10.1 Å². The first-order chi connectivity index (χ1) is 5.49. The summed E-state index contributed by atoms with van der Waals surface area (Å²) in [5, 5.41) is 2.21. The van der Waals surface area contributed by atoms with E-state index < -0.39 is 24.3 Å². The van der Waals surface area contributed by atoms with E-state index in [0.29, 0.717) is 0 Å². The minimum absolute atomic E-state index is 0.577. The van der Waals surface area contributed by atoms with Crippen LogP contribution < -0.4 is 22.5 Å². The van der Waals surface area contributed by atoms with Crippen LogP contribution in [0.25, 0.3) is 0 Å². The molecule has 0 aromatic heterocycles. The Labute approximate surface area is 69.2 Å². The first-order valence-electron chi connectivity index (χ1n) is 3.16. The van der Waals surface area contributed by atoms with Gasteiger partial charge in [-0.15, -0.1) is 0 Å². The molecule has 0 spiro atoms. The van der Waals surface area contributed by atoms with Gasteiger partial charge in [-0.25, -0.2) is 0 Å². The topological polar surface area (TPSA) is 133 Å². The lowest BCUT2D eigenvalue weighted by molar-refractivity contribution is -0.143. The van der Waals surface area contributed by atoms with Crippen molar-refractivity contribution in [3.05, 3.63) is 0 Å². The van der Waals surface area contributed by atoms with Crippen LogP contribution in [-0.2, 0) is 14.3 Å². The zero-order chi connectivity index (χ0) is 9.72. The number of nitrogens with two attached hydrogens (primary N) is 3. The summed E-state index contributed by atoms with van der Waals surface area (Å²) in [4.78, 5) is 21.0. The Bertz CT molecular complexity index is 184. The number of likely N-dealkylation sites (N-methyl/N-ethyl adjacent to an activating group) is 1. The van der Waals surface area contributed by atoms with E-state index in [1.807, 2.05) is 0 Å². The molecular formula is C5H12N4O3. The average Bonchev–Trinajstić information content (AvgIpc) is 2.02. The van der Waals surface area contributed by atoms with Crippen LogP contribution in [0.1, 0.15) is 0 Å². The van der Waals surface area contributed by atoms with E-state index in [1.165, 1.54) is 7.05 Å². The summed E-state index contributed by atoms with van der Waals surface area (Å²) in [5.74, 6) is -1.46. The molecule has 0 aliphatic rings. The monoisotopic (exact) mass is 176 g/mol. The standard InChI is InChI=1S/C5H12N4O3/c1-9-5(11)4(8)12-3(7)2(6)10/h3-4H,7-8H2,1H3,(H2,6,10)(H,9,11). The molecule has 0 radical (unpaired) electrons. The van der Waals surface area contributed by atoms with Crippen molar-refractivity contribution in [2.75, 3.05) is 7.05 Å². The molecule has 7 N–H and O–H groups in total. The highest BCUT2D eigenvalue weighted by Gasteiger charge is 2.18. The van der Waals surface area contributed by atoms with E-state index in [9.17, 15) is 9.59 Å². The Hall–Kier alpha value is -1.18. The predicted octanol–water partition coefficient (Wildman–Crippen LogP) is -3.20. The molecule has 12 heavy (non-hydrogen) atoms. The number of amides is 2. The highest BCUT2D eigenvalue weighted by molar-refractivity contribution is 5.81. The Balaban J connectivity index is 3.91. The number of ether oxygens (including phenoxy) is 1. The van der Waals surface area contributed by atoms with Crippen LogP contribution >= 0.6 is 0 Å². The van der Waals surface area contributed by atoms with Gasteiger partial charge >= 0.3 is 0 Å². The summed E-state index contributed by atoms with van der Waals surface area (Å²) in [6.07, 6.45) is -2.64. The molecule has 0 aromatic rings. The lowest BCUT2D eigenvalue weighted by Gasteiger charge is -2.14. The van der Waals surface area contributed by atoms with Gasteiger partial charge in [0.1, 0.15) is 0 Å². The van der Waals surface area contributed by atoms with Gasteiger partial charge in [-0.05, 0) is 0 Å². The van der Waals surface area contributed by atoms with Gasteiger partial charge in [-0.1, -0.05) is 0 Å². The molecular weight excluding hydrogens is 164 g/mol. The second-order valence-corrected chi connectivity index (χ2v) is 1.99. The third kappa shape index (κ3) is 3.28. The van der Waals surface area contributed by atoms with Gasteiger partial charge in [0.15, 0.2) is 12.5 Å². The van der Waals surface area contributed by atoms with Crippen LogP contribution in [0.2, 0.25) is 0 Å². The number of carbonyl (C=O) groups excluding carboxylic acids is 2. The quantitative estimate of drug-likeness (QED) is 0.335. The molecule has 7 nitrogen and oxygen atoms in total. The molecule has 0 aliphatic heterocycles. The molecule has 70 valence electrons. The Morgan fingerprint density at radius 1 is 1.33 bits per heavy atom. The van der Waals surface area contributed by atoms with Crippen molar-refractivity contribution in [1.82, 2.24) is 5.32 Å². The molecule has 2 unspecified atom stereocenters. The summed E-state index contributed by atoms with van der Waals surface area (Å²) >= 11 is 0. The zero-order valence-corrected chi connectivity index (χ0v) is 6.61. The Morgan fingerprint density at radius 3 is 2.17 bits per heavy atom. The van der Waals surface area contributed by atoms with E-state index in [0.717, 1.165) is 0 Å². The summed E-state index contributed by atoms with van der Waals surface area (Å²) in [6.45, 7) is 0. The second-order valence-electron chi connectivity index (χ2n) is 1.99. The van der Waals surface area contributed by atoms with E-state index in [4.69, 9.17) is 17.2 Å². The highest BCUT2D eigenvalue weighted by Crippen LogP contribution is 1.87. The number of primary amides is 1. The lowest BCUT2D eigenvalue weighted by Crippen LogP contribution is -2.49. The summed E-state index contributed by atoms with van der Waals surface area (Å²) < 4.78 is 4.53. The maximum absolute atomic E-state index is 10.7. The zero-order valence-electron chi connectivity index (χ0n) is 6.61. The molecule has 2 amide bonds. The SMILES string of the molecule is CNC(=O)C(N)OC(N)C(N)=O. The van der Waals surface area contributed by atoms with Crippen molar-refractivity contribution >= 4 is 11.8 Å². The molecule has 0 rings (SSSR count).